The van der Waals surface area contributed by atoms with E-state index in [1.54, 1.807) is 12.1 Å². The standard InChI is InChI=1S/C16H12BrClN4OS/c17-11-4-1-3-10(7-11)15-21-14(23-22-15)9-19-16(24)20-13-6-2-5-12(18)8-13/h1-8H,9H2,(H2,19,20,24). The van der Waals surface area contributed by atoms with Crippen molar-refractivity contribution in [3.05, 3.63) is 63.9 Å². The molecule has 3 rings (SSSR count). The lowest BCUT2D eigenvalue weighted by Crippen LogP contribution is -2.27. The quantitative estimate of drug-likeness (QED) is 0.596. The molecule has 0 aliphatic rings. The molecule has 2 aromatic carbocycles. The monoisotopic (exact) mass is 422 g/mol. The van der Waals surface area contributed by atoms with E-state index in [1.165, 1.54) is 0 Å². The molecule has 0 aliphatic carbocycles. The van der Waals surface area contributed by atoms with Gasteiger partial charge in [-0.05, 0) is 42.5 Å². The van der Waals surface area contributed by atoms with E-state index in [4.69, 9.17) is 28.3 Å². The molecule has 24 heavy (non-hydrogen) atoms. The average molecular weight is 424 g/mol. The van der Waals surface area contributed by atoms with E-state index in [1.807, 2.05) is 36.4 Å². The van der Waals surface area contributed by atoms with Crippen molar-refractivity contribution in [2.75, 3.05) is 5.32 Å². The molecule has 8 heteroatoms. The van der Waals surface area contributed by atoms with Crippen LogP contribution in [-0.2, 0) is 6.54 Å². The van der Waals surface area contributed by atoms with Crippen molar-refractivity contribution < 1.29 is 4.52 Å². The summed E-state index contributed by atoms with van der Waals surface area (Å²) in [6.45, 7) is 0.327. The lowest BCUT2D eigenvalue weighted by atomic mass is 10.2. The minimum absolute atomic E-state index is 0.327. The second kappa shape index (κ2) is 7.74. The molecular formula is C16H12BrClN4OS. The third-order valence-corrected chi connectivity index (χ3v) is 4.01. The number of aromatic nitrogens is 2. The lowest BCUT2D eigenvalue weighted by Gasteiger charge is -2.08. The van der Waals surface area contributed by atoms with Crippen LogP contribution in [0.15, 0.2) is 57.5 Å². The minimum Gasteiger partial charge on any atom is -0.353 e. The predicted octanol–water partition coefficient (Wildman–Crippen LogP) is 4.64. The van der Waals surface area contributed by atoms with Crippen molar-refractivity contribution in [2.45, 2.75) is 6.54 Å². The number of hydrogen-bond donors (Lipinski definition) is 2. The molecular weight excluding hydrogens is 412 g/mol. The number of thiocarbonyl (C=S) groups is 1. The predicted molar refractivity (Wildman–Crippen MR) is 102 cm³/mol. The van der Waals surface area contributed by atoms with Gasteiger partial charge in [-0.2, -0.15) is 4.98 Å². The molecule has 0 amide bonds. The SMILES string of the molecule is S=C(NCc1nc(-c2cccc(Br)c2)no1)Nc1cccc(Cl)c1. The van der Waals surface area contributed by atoms with Crippen molar-refractivity contribution in [3.8, 4) is 11.4 Å². The van der Waals surface area contributed by atoms with Crippen LogP contribution in [-0.4, -0.2) is 15.3 Å². The summed E-state index contributed by atoms with van der Waals surface area (Å²) in [4.78, 5) is 4.35. The Bertz CT molecular complexity index is 871. The Morgan fingerprint density at radius 2 is 2.04 bits per heavy atom. The second-order valence-electron chi connectivity index (χ2n) is 4.84. The number of rotatable bonds is 4. The van der Waals surface area contributed by atoms with Crippen molar-refractivity contribution in [3.63, 3.8) is 0 Å². The van der Waals surface area contributed by atoms with Crippen LogP contribution in [0.2, 0.25) is 5.02 Å². The molecule has 2 N–H and O–H groups in total. The molecule has 1 heterocycles. The largest absolute Gasteiger partial charge is 0.353 e. The van der Waals surface area contributed by atoms with Gasteiger partial charge in [-0.25, -0.2) is 0 Å². The van der Waals surface area contributed by atoms with E-state index < -0.39 is 0 Å². The Balaban J connectivity index is 1.58. The first-order chi connectivity index (χ1) is 11.6. The van der Waals surface area contributed by atoms with Crippen LogP contribution < -0.4 is 10.6 Å². The maximum atomic E-state index is 5.93. The van der Waals surface area contributed by atoms with Crippen LogP contribution in [0, 0.1) is 0 Å². The zero-order valence-electron chi connectivity index (χ0n) is 12.3. The highest BCUT2D eigenvalue weighted by molar-refractivity contribution is 9.10. The number of nitrogens with zero attached hydrogens (tertiary/aromatic N) is 2. The van der Waals surface area contributed by atoms with E-state index in [-0.39, 0.29) is 0 Å². The average Bonchev–Trinajstić information content (AvgIpc) is 3.02. The van der Waals surface area contributed by atoms with E-state index in [0.29, 0.717) is 28.4 Å². The van der Waals surface area contributed by atoms with Crippen LogP contribution >= 0.6 is 39.7 Å². The highest BCUT2D eigenvalue weighted by Gasteiger charge is 2.09. The molecule has 122 valence electrons. The summed E-state index contributed by atoms with van der Waals surface area (Å²) in [6, 6.07) is 15.0. The molecule has 0 radical (unpaired) electrons. The Morgan fingerprint density at radius 1 is 1.21 bits per heavy atom. The Labute approximate surface area is 157 Å². The smallest absolute Gasteiger partial charge is 0.246 e. The number of anilines is 1. The maximum absolute atomic E-state index is 5.93. The van der Waals surface area contributed by atoms with E-state index in [0.717, 1.165) is 15.7 Å². The van der Waals surface area contributed by atoms with Gasteiger partial charge >= 0.3 is 0 Å². The molecule has 0 unspecified atom stereocenters. The van der Waals surface area contributed by atoms with Crippen molar-refractivity contribution in [1.82, 2.24) is 15.5 Å². The summed E-state index contributed by atoms with van der Waals surface area (Å²) in [7, 11) is 0. The summed E-state index contributed by atoms with van der Waals surface area (Å²) < 4.78 is 6.19. The Kier molecular flexibility index (Phi) is 5.44. The van der Waals surface area contributed by atoms with Gasteiger partial charge in [0.15, 0.2) is 5.11 Å². The van der Waals surface area contributed by atoms with Gasteiger partial charge in [-0.3, -0.25) is 0 Å². The molecule has 3 aromatic rings. The Hall–Kier alpha value is -1.96. The Morgan fingerprint density at radius 3 is 2.83 bits per heavy atom. The number of benzene rings is 2. The number of nitrogens with one attached hydrogen (secondary N) is 2. The molecule has 0 saturated carbocycles. The van der Waals surface area contributed by atoms with Crippen molar-refractivity contribution >= 4 is 50.5 Å². The normalized spacial score (nSPS) is 10.4. The molecule has 1 aromatic heterocycles. The van der Waals surface area contributed by atoms with Crippen LogP contribution in [0.4, 0.5) is 5.69 Å². The first-order valence-electron chi connectivity index (χ1n) is 6.99. The molecule has 0 atom stereocenters. The number of halogens is 2. The van der Waals surface area contributed by atoms with Gasteiger partial charge in [0, 0.05) is 20.7 Å². The third kappa shape index (κ3) is 4.53. The molecule has 5 nitrogen and oxygen atoms in total. The van der Waals surface area contributed by atoms with Crippen LogP contribution in [0.1, 0.15) is 5.89 Å². The van der Waals surface area contributed by atoms with E-state index >= 15 is 0 Å². The fourth-order valence-corrected chi connectivity index (χ4v) is 2.75. The first kappa shape index (κ1) is 16.9. The van der Waals surface area contributed by atoms with Gasteiger partial charge in [-0.1, -0.05) is 50.9 Å². The highest BCUT2D eigenvalue weighted by atomic mass is 79.9. The van der Waals surface area contributed by atoms with Gasteiger partial charge in [0.2, 0.25) is 11.7 Å². The van der Waals surface area contributed by atoms with Crippen LogP contribution in [0.5, 0.6) is 0 Å². The molecule has 0 spiro atoms. The topological polar surface area (TPSA) is 63.0 Å². The van der Waals surface area contributed by atoms with Gasteiger partial charge in [0.1, 0.15) is 0 Å². The minimum atomic E-state index is 0.327. The van der Waals surface area contributed by atoms with Gasteiger partial charge in [0.05, 0.1) is 6.54 Å². The molecule has 0 saturated heterocycles. The third-order valence-electron chi connectivity index (χ3n) is 3.03. The van der Waals surface area contributed by atoms with Crippen LogP contribution in [0.3, 0.4) is 0 Å². The second-order valence-corrected chi connectivity index (χ2v) is 6.60. The molecule has 0 bridgehead atoms. The van der Waals surface area contributed by atoms with Crippen LogP contribution in [0.25, 0.3) is 11.4 Å². The zero-order valence-corrected chi connectivity index (χ0v) is 15.5. The van der Waals surface area contributed by atoms with Gasteiger partial charge in [0.25, 0.3) is 0 Å². The lowest BCUT2D eigenvalue weighted by molar-refractivity contribution is 0.376. The van der Waals surface area contributed by atoms with Crippen molar-refractivity contribution in [2.24, 2.45) is 0 Å². The summed E-state index contributed by atoms with van der Waals surface area (Å²) >= 11 is 14.6. The first-order valence-corrected chi connectivity index (χ1v) is 8.57. The molecule has 0 fully saturated rings. The van der Waals surface area contributed by atoms with E-state index in [9.17, 15) is 0 Å². The summed E-state index contributed by atoms with van der Waals surface area (Å²) in [5.41, 5.74) is 1.68. The molecule has 0 aliphatic heterocycles. The fraction of sp³-hybridized carbons (Fsp3) is 0.0625. The summed E-state index contributed by atoms with van der Waals surface area (Å²) in [5.74, 6) is 0.974. The van der Waals surface area contributed by atoms with Gasteiger partial charge in [-0.15, -0.1) is 0 Å². The number of hydrogen-bond acceptors (Lipinski definition) is 4. The van der Waals surface area contributed by atoms with Crippen molar-refractivity contribution in [1.29, 1.82) is 0 Å². The van der Waals surface area contributed by atoms with Gasteiger partial charge < -0.3 is 15.2 Å². The summed E-state index contributed by atoms with van der Waals surface area (Å²) in [6.07, 6.45) is 0. The zero-order chi connectivity index (χ0) is 16.9. The summed E-state index contributed by atoms with van der Waals surface area (Å²) in [5, 5.41) is 11.1. The maximum Gasteiger partial charge on any atom is 0.246 e. The highest BCUT2D eigenvalue weighted by Crippen LogP contribution is 2.20. The van der Waals surface area contributed by atoms with E-state index in [2.05, 4.69) is 36.7 Å². The fourth-order valence-electron chi connectivity index (χ4n) is 1.97.